The molecule has 1 aliphatic heterocycles. The normalized spacial score (nSPS) is 19.2. The van der Waals surface area contributed by atoms with Crippen molar-refractivity contribution in [3.8, 4) is 0 Å². The van der Waals surface area contributed by atoms with Gasteiger partial charge in [0.1, 0.15) is 6.04 Å². The zero-order chi connectivity index (χ0) is 23.4. The molecule has 0 aromatic heterocycles. The van der Waals surface area contributed by atoms with Gasteiger partial charge in [-0.2, -0.15) is 4.72 Å². The first-order valence-electron chi connectivity index (χ1n) is 11.0. The smallest absolute Gasteiger partial charge is 0.241 e. The first kappa shape index (κ1) is 26.7. The molecule has 0 radical (unpaired) electrons. The lowest BCUT2D eigenvalue weighted by Gasteiger charge is -2.29. The van der Waals surface area contributed by atoms with Crippen molar-refractivity contribution in [1.82, 2.24) is 9.62 Å². The van der Waals surface area contributed by atoms with Crippen LogP contribution in [0.25, 0.3) is 0 Å². The second-order valence-corrected chi connectivity index (χ2v) is 9.64. The lowest BCUT2D eigenvalue weighted by molar-refractivity contribution is -0.135. The van der Waals surface area contributed by atoms with Crippen molar-refractivity contribution < 1.29 is 32.2 Å². The van der Waals surface area contributed by atoms with E-state index in [4.69, 9.17) is 18.9 Å². The van der Waals surface area contributed by atoms with Gasteiger partial charge in [0.2, 0.25) is 15.9 Å². The number of carbonyl (C=O) groups is 1. The van der Waals surface area contributed by atoms with Crippen LogP contribution in [0, 0.1) is 12.8 Å². The third kappa shape index (κ3) is 9.13. The molecule has 10 heteroatoms. The fourth-order valence-electron chi connectivity index (χ4n) is 3.06. The number of carbonyl (C=O) groups excluding carboxylic acids is 1. The molecule has 1 heterocycles. The summed E-state index contributed by atoms with van der Waals surface area (Å²) in [7, 11) is -3.85. The van der Waals surface area contributed by atoms with E-state index in [9.17, 15) is 13.2 Å². The largest absolute Gasteiger partial charge is 0.377 e. The van der Waals surface area contributed by atoms with E-state index in [-0.39, 0.29) is 16.7 Å². The number of nitrogens with one attached hydrogen (secondary N) is 1. The van der Waals surface area contributed by atoms with E-state index in [0.29, 0.717) is 65.9 Å². The van der Waals surface area contributed by atoms with Crippen molar-refractivity contribution >= 4 is 15.9 Å². The lowest BCUT2D eigenvalue weighted by atomic mass is 10.0. The molecule has 1 aromatic rings. The maximum absolute atomic E-state index is 13.3. The Morgan fingerprint density at radius 2 is 1.28 bits per heavy atom. The number of hydrogen-bond acceptors (Lipinski definition) is 7. The number of benzene rings is 1. The molecular formula is C22H36N2O7S. The van der Waals surface area contributed by atoms with Gasteiger partial charge in [0.25, 0.3) is 0 Å². The molecule has 1 aliphatic rings. The molecule has 2 rings (SSSR count). The van der Waals surface area contributed by atoms with Gasteiger partial charge in [-0.1, -0.05) is 31.5 Å². The molecule has 32 heavy (non-hydrogen) atoms. The van der Waals surface area contributed by atoms with Crippen molar-refractivity contribution in [3.63, 3.8) is 0 Å². The summed E-state index contributed by atoms with van der Waals surface area (Å²) in [5, 5.41) is 0. The fourth-order valence-corrected chi connectivity index (χ4v) is 4.40. The number of aryl methyl sites for hydroxylation is 1. The van der Waals surface area contributed by atoms with Gasteiger partial charge in [0, 0.05) is 13.1 Å². The highest BCUT2D eigenvalue weighted by atomic mass is 32.2. The van der Waals surface area contributed by atoms with E-state index in [0.717, 1.165) is 5.56 Å². The van der Waals surface area contributed by atoms with Crippen LogP contribution in [0.15, 0.2) is 29.2 Å². The van der Waals surface area contributed by atoms with Crippen LogP contribution in [0.2, 0.25) is 0 Å². The van der Waals surface area contributed by atoms with E-state index in [1.54, 1.807) is 17.0 Å². The maximum Gasteiger partial charge on any atom is 0.241 e. The number of rotatable bonds is 5. The van der Waals surface area contributed by atoms with Gasteiger partial charge < -0.3 is 23.8 Å². The number of ether oxygens (including phenoxy) is 4. The monoisotopic (exact) mass is 472 g/mol. The molecule has 1 fully saturated rings. The lowest BCUT2D eigenvalue weighted by Crippen LogP contribution is -2.52. The molecule has 9 nitrogen and oxygen atoms in total. The predicted molar refractivity (Wildman–Crippen MR) is 120 cm³/mol. The molecule has 0 unspecified atom stereocenters. The molecule has 0 saturated carbocycles. The molecule has 0 bridgehead atoms. The number of sulfonamides is 1. The molecule has 1 aromatic carbocycles. The van der Waals surface area contributed by atoms with Crippen LogP contribution < -0.4 is 4.72 Å². The van der Waals surface area contributed by atoms with E-state index >= 15 is 0 Å². The van der Waals surface area contributed by atoms with Crippen LogP contribution in [0.4, 0.5) is 0 Å². The average molecular weight is 473 g/mol. The van der Waals surface area contributed by atoms with Crippen LogP contribution in [-0.4, -0.2) is 91.2 Å². The third-order valence-corrected chi connectivity index (χ3v) is 6.44. The second kappa shape index (κ2) is 13.9. The Morgan fingerprint density at radius 1 is 0.844 bits per heavy atom. The Labute approximate surface area is 191 Å². The molecule has 1 amide bonds. The minimum atomic E-state index is -3.85. The molecule has 182 valence electrons. The van der Waals surface area contributed by atoms with Crippen molar-refractivity contribution in [3.05, 3.63) is 29.8 Å². The highest BCUT2D eigenvalue weighted by Gasteiger charge is 2.31. The fraction of sp³-hybridized carbons (Fsp3) is 0.682. The molecule has 1 saturated heterocycles. The molecule has 0 spiro atoms. The van der Waals surface area contributed by atoms with Crippen LogP contribution in [-0.2, 0) is 33.8 Å². The van der Waals surface area contributed by atoms with Gasteiger partial charge in [-0.3, -0.25) is 4.79 Å². The van der Waals surface area contributed by atoms with Crippen LogP contribution in [0.3, 0.4) is 0 Å². The summed E-state index contributed by atoms with van der Waals surface area (Å²) in [5.41, 5.74) is 0.956. The van der Waals surface area contributed by atoms with E-state index < -0.39 is 16.1 Å². The van der Waals surface area contributed by atoms with Gasteiger partial charge in [0.05, 0.1) is 57.8 Å². The highest BCUT2D eigenvalue weighted by Crippen LogP contribution is 2.14. The summed E-state index contributed by atoms with van der Waals surface area (Å²) >= 11 is 0. The van der Waals surface area contributed by atoms with Crippen LogP contribution >= 0.6 is 0 Å². The van der Waals surface area contributed by atoms with E-state index in [2.05, 4.69) is 4.72 Å². The molecule has 1 atom stereocenters. The summed E-state index contributed by atoms with van der Waals surface area (Å²) in [6, 6.07) is 5.62. The second-order valence-electron chi connectivity index (χ2n) is 7.93. The summed E-state index contributed by atoms with van der Waals surface area (Å²) in [6.07, 6.45) is 0. The minimum Gasteiger partial charge on any atom is -0.377 e. The molecule has 1 N–H and O–H groups in total. The van der Waals surface area contributed by atoms with Crippen LogP contribution in [0.5, 0.6) is 0 Å². The number of nitrogens with zero attached hydrogens (tertiary/aromatic N) is 1. The summed E-state index contributed by atoms with van der Waals surface area (Å²) in [4.78, 5) is 15.1. The number of hydrogen-bond donors (Lipinski definition) is 1. The standard InChI is InChI=1S/C22H36N2O7S/c1-18(2)21(23-32(26,27)20-6-4-19(3)5-7-20)22(25)24-8-10-28-12-14-30-16-17-31-15-13-29-11-9-24/h4-7,18,21,23H,8-17H2,1-3H3/t21-/m1/s1. The summed E-state index contributed by atoms with van der Waals surface area (Å²) in [6.45, 7) is 9.50. The average Bonchev–Trinajstić information content (AvgIpc) is 2.76. The van der Waals surface area contributed by atoms with Crippen molar-refractivity contribution in [2.75, 3.05) is 65.9 Å². The van der Waals surface area contributed by atoms with Crippen molar-refractivity contribution in [2.24, 2.45) is 5.92 Å². The predicted octanol–water partition coefficient (Wildman–Crippen LogP) is 1.21. The first-order chi connectivity index (χ1) is 15.3. The van der Waals surface area contributed by atoms with Gasteiger partial charge in [-0.25, -0.2) is 8.42 Å². The van der Waals surface area contributed by atoms with E-state index in [1.165, 1.54) is 12.1 Å². The van der Waals surface area contributed by atoms with Gasteiger partial charge in [-0.05, 0) is 25.0 Å². The number of amides is 1. The zero-order valence-corrected chi connectivity index (χ0v) is 20.1. The van der Waals surface area contributed by atoms with Crippen molar-refractivity contribution in [1.29, 1.82) is 0 Å². The summed E-state index contributed by atoms with van der Waals surface area (Å²) in [5.74, 6) is -0.553. The minimum absolute atomic E-state index is 0.130. The molecule has 0 aliphatic carbocycles. The highest BCUT2D eigenvalue weighted by molar-refractivity contribution is 7.89. The summed E-state index contributed by atoms with van der Waals surface area (Å²) < 4.78 is 50.4. The third-order valence-electron chi connectivity index (χ3n) is 4.98. The Hall–Kier alpha value is -1.56. The molecular weight excluding hydrogens is 436 g/mol. The zero-order valence-electron chi connectivity index (χ0n) is 19.2. The van der Waals surface area contributed by atoms with E-state index in [1.807, 2.05) is 20.8 Å². The SMILES string of the molecule is Cc1ccc(S(=O)(=O)N[C@@H](C(=O)N2CCOCCOCCOCCOCC2)C(C)C)cc1. The van der Waals surface area contributed by atoms with Crippen LogP contribution in [0.1, 0.15) is 19.4 Å². The topological polar surface area (TPSA) is 103 Å². The quantitative estimate of drug-likeness (QED) is 0.687. The van der Waals surface area contributed by atoms with Gasteiger partial charge in [0.15, 0.2) is 0 Å². The maximum atomic E-state index is 13.3. The Kier molecular flexibility index (Phi) is 11.6. The van der Waals surface area contributed by atoms with Gasteiger partial charge >= 0.3 is 0 Å². The Bertz CT molecular complexity index is 768. The first-order valence-corrected chi connectivity index (χ1v) is 12.5. The van der Waals surface area contributed by atoms with Crippen molar-refractivity contribution in [2.45, 2.75) is 31.7 Å². The Morgan fingerprint density at radius 3 is 1.72 bits per heavy atom. The Balaban J connectivity index is 2.08. The van der Waals surface area contributed by atoms with Gasteiger partial charge in [-0.15, -0.1) is 0 Å².